The number of carbonyl (C=O) groups is 1. The number of carbonyl (C=O) groups excluding carboxylic acids is 1. The van der Waals surface area contributed by atoms with E-state index in [9.17, 15) is 4.79 Å². The summed E-state index contributed by atoms with van der Waals surface area (Å²) in [6.45, 7) is 7.39. The van der Waals surface area contributed by atoms with Gasteiger partial charge in [0.2, 0.25) is 0 Å². The number of oxazole rings is 1. The van der Waals surface area contributed by atoms with E-state index < -0.39 is 5.91 Å². The Kier molecular flexibility index (Phi) is 5.96. The molecule has 3 aliphatic heterocycles. The lowest BCUT2D eigenvalue weighted by molar-refractivity contribution is -0.00233. The van der Waals surface area contributed by atoms with E-state index in [0.29, 0.717) is 28.7 Å². The highest BCUT2D eigenvalue weighted by Gasteiger charge is 2.43. The molecule has 2 aromatic rings. The van der Waals surface area contributed by atoms with Crippen molar-refractivity contribution in [2.24, 2.45) is 5.73 Å². The first-order valence-electron chi connectivity index (χ1n) is 11.3. The first kappa shape index (κ1) is 22.4. The van der Waals surface area contributed by atoms with Crippen LogP contribution in [0.1, 0.15) is 56.3 Å². The molecule has 3 fully saturated rings. The van der Waals surface area contributed by atoms with Gasteiger partial charge >= 0.3 is 0 Å². The molecule has 3 saturated heterocycles. The largest absolute Gasteiger partial charge is 0.423 e. The lowest BCUT2D eigenvalue weighted by atomic mass is 9.81. The standard InChI is InChI=1S/C23H33N5O2.ClH/c1-23(2)14-27(17-12-15-6-4-7-16(13-17)26(15)3)10-11-28(23)22-25-20-18(21(24)29)8-5-9-19(20)30-22;/h5,8-9,15-17H,4,6-7,10-14H2,1-3H3,(H2,24,29);1H. The summed E-state index contributed by atoms with van der Waals surface area (Å²) in [5.41, 5.74) is 7.00. The summed E-state index contributed by atoms with van der Waals surface area (Å²) in [5.74, 6) is -0.475. The lowest BCUT2D eigenvalue weighted by Crippen LogP contribution is -2.64. The number of nitrogens with zero attached hydrogens (tertiary/aromatic N) is 4. The van der Waals surface area contributed by atoms with Gasteiger partial charge in [0.15, 0.2) is 5.58 Å². The van der Waals surface area contributed by atoms with Crippen molar-refractivity contribution >= 4 is 35.4 Å². The summed E-state index contributed by atoms with van der Waals surface area (Å²) in [6, 6.07) is 8.08. The highest BCUT2D eigenvalue weighted by atomic mass is 35.5. The van der Waals surface area contributed by atoms with E-state index in [-0.39, 0.29) is 17.9 Å². The van der Waals surface area contributed by atoms with Crippen molar-refractivity contribution in [3.63, 3.8) is 0 Å². The number of hydrogen-bond donors (Lipinski definition) is 1. The van der Waals surface area contributed by atoms with Gasteiger partial charge in [-0.2, -0.15) is 4.98 Å². The van der Waals surface area contributed by atoms with E-state index in [4.69, 9.17) is 10.2 Å². The van der Waals surface area contributed by atoms with E-state index >= 15 is 0 Å². The molecule has 0 radical (unpaired) electrons. The first-order valence-corrected chi connectivity index (χ1v) is 11.3. The zero-order valence-corrected chi connectivity index (χ0v) is 19.5. The Bertz CT molecular complexity index is 947. The SMILES string of the molecule is CN1C2CCCC1CC(N1CCN(c3nc4c(C(N)=O)cccc4o3)C(C)(C)C1)C2.Cl. The molecule has 1 aromatic heterocycles. The second-order valence-corrected chi connectivity index (χ2v) is 9.98. The Morgan fingerprint density at radius 2 is 1.87 bits per heavy atom. The Morgan fingerprint density at radius 1 is 1.16 bits per heavy atom. The highest BCUT2D eigenvalue weighted by Crippen LogP contribution is 2.37. The van der Waals surface area contributed by atoms with Gasteiger partial charge in [0.1, 0.15) is 5.52 Å². The number of fused-ring (bicyclic) bond motifs is 3. The molecule has 1 amide bonds. The van der Waals surface area contributed by atoms with E-state index in [1.54, 1.807) is 12.1 Å². The van der Waals surface area contributed by atoms with Gasteiger partial charge in [-0.25, -0.2) is 0 Å². The van der Waals surface area contributed by atoms with Crippen LogP contribution in [-0.2, 0) is 0 Å². The quantitative estimate of drug-likeness (QED) is 0.777. The molecule has 3 aliphatic rings. The van der Waals surface area contributed by atoms with Crippen LogP contribution in [0.2, 0.25) is 0 Å². The van der Waals surface area contributed by atoms with E-state index in [1.165, 1.54) is 32.1 Å². The van der Waals surface area contributed by atoms with Crippen molar-refractivity contribution < 1.29 is 9.21 Å². The van der Waals surface area contributed by atoms with Gasteiger partial charge in [-0.1, -0.05) is 12.5 Å². The Morgan fingerprint density at radius 3 is 2.52 bits per heavy atom. The molecule has 0 aliphatic carbocycles. The maximum Gasteiger partial charge on any atom is 0.298 e. The Balaban J connectivity index is 0.00000231. The number of piperidine rings is 2. The number of nitrogens with two attached hydrogens (primary N) is 1. The molecule has 0 saturated carbocycles. The lowest BCUT2D eigenvalue weighted by Gasteiger charge is -2.54. The topological polar surface area (TPSA) is 78.8 Å². The minimum Gasteiger partial charge on any atom is -0.423 e. The second-order valence-electron chi connectivity index (χ2n) is 9.98. The first-order chi connectivity index (χ1) is 14.3. The van der Waals surface area contributed by atoms with Crippen LogP contribution in [0.25, 0.3) is 11.1 Å². The number of anilines is 1. The predicted octanol–water partition coefficient (Wildman–Crippen LogP) is 3.26. The highest BCUT2D eigenvalue weighted by molar-refractivity contribution is 6.03. The van der Waals surface area contributed by atoms with E-state index in [0.717, 1.165) is 31.7 Å². The molecule has 8 heteroatoms. The summed E-state index contributed by atoms with van der Waals surface area (Å²) < 4.78 is 6.07. The third kappa shape index (κ3) is 3.92. The monoisotopic (exact) mass is 447 g/mol. The van der Waals surface area contributed by atoms with Crippen molar-refractivity contribution in [2.45, 2.75) is 69.6 Å². The van der Waals surface area contributed by atoms with Crippen LogP contribution in [0.5, 0.6) is 0 Å². The zero-order valence-electron chi connectivity index (χ0n) is 18.7. The number of benzene rings is 1. The summed E-state index contributed by atoms with van der Waals surface area (Å²) in [6.07, 6.45) is 6.65. The van der Waals surface area contributed by atoms with Gasteiger partial charge in [0.25, 0.3) is 11.9 Å². The van der Waals surface area contributed by atoms with Crippen molar-refractivity contribution in [1.29, 1.82) is 0 Å². The molecule has 2 N–H and O–H groups in total. The van der Waals surface area contributed by atoms with E-state index in [1.807, 2.05) is 6.07 Å². The minimum absolute atomic E-state index is 0. The molecule has 7 nitrogen and oxygen atoms in total. The molecule has 2 bridgehead atoms. The van der Waals surface area contributed by atoms with Crippen molar-refractivity contribution in [3.05, 3.63) is 23.8 Å². The van der Waals surface area contributed by atoms with Crippen molar-refractivity contribution in [1.82, 2.24) is 14.8 Å². The van der Waals surface area contributed by atoms with Crippen molar-refractivity contribution in [3.8, 4) is 0 Å². The van der Waals surface area contributed by atoms with Crippen LogP contribution in [-0.4, -0.2) is 71.0 Å². The fraction of sp³-hybridized carbons (Fsp3) is 0.652. The van der Waals surface area contributed by atoms with Gasteiger partial charge in [0, 0.05) is 37.8 Å². The van der Waals surface area contributed by atoms with Gasteiger partial charge < -0.3 is 20.0 Å². The minimum atomic E-state index is -0.475. The third-order valence-corrected chi connectivity index (χ3v) is 7.67. The van der Waals surface area contributed by atoms with E-state index in [2.05, 4.69) is 40.6 Å². The molecule has 1 aromatic carbocycles. The maximum atomic E-state index is 11.8. The molecule has 31 heavy (non-hydrogen) atoms. The van der Waals surface area contributed by atoms with Crippen LogP contribution >= 0.6 is 12.4 Å². The van der Waals surface area contributed by atoms with Gasteiger partial charge in [-0.3, -0.25) is 9.69 Å². The van der Waals surface area contributed by atoms with Crippen LogP contribution in [0.3, 0.4) is 0 Å². The summed E-state index contributed by atoms with van der Waals surface area (Å²) in [7, 11) is 2.32. The molecule has 2 unspecified atom stereocenters. The predicted molar refractivity (Wildman–Crippen MR) is 125 cm³/mol. The third-order valence-electron chi connectivity index (χ3n) is 7.67. The number of primary amides is 1. The maximum absolute atomic E-state index is 11.8. The molecular weight excluding hydrogens is 414 g/mol. The summed E-state index contributed by atoms with van der Waals surface area (Å²) in [5, 5.41) is 0. The zero-order chi connectivity index (χ0) is 21.0. The smallest absolute Gasteiger partial charge is 0.298 e. The number of hydrogen-bond acceptors (Lipinski definition) is 6. The number of aromatic nitrogens is 1. The number of para-hydroxylation sites is 1. The van der Waals surface area contributed by atoms with Crippen LogP contribution in [0.15, 0.2) is 22.6 Å². The number of rotatable bonds is 3. The summed E-state index contributed by atoms with van der Waals surface area (Å²) >= 11 is 0. The summed E-state index contributed by atoms with van der Waals surface area (Å²) in [4.78, 5) is 24.0. The normalized spacial score (nSPS) is 29.0. The van der Waals surface area contributed by atoms with Gasteiger partial charge in [-0.05, 0) is 58.7 Å². The Hall–Kier alpha value is -1.83. The fourth-order valence-electron chi connectivity index (χ4n) is 6.00. The van der Waals surface area contributed by atoms with Crippen LogP contribution in [0.4, 0.5) is 6.01 Å². The number of piperazine rings is 1. The molecule has 5 rings (SSSR count). The molecular formula is C23H34ClN5O2. The molecule has 4 heterocycles. The fourth-order valence-corrected chi connectivity index (χ4v) is 6.00. The average Bonchev–Trinajstić information content (AvgIpc) is 3.10. The van der Waals surface area contributed by atoms with Crippen LogP contribution in [0, 0.1) is 0 Å². The van der Waals surface area contributed by atoms with Gasteiger partial charge in [0.05, 0.1) is 11.1 Å². The second kappa shape index (κ2) is 8.26. The van der Waals surface area contributed by atoms with Crippen molar-refractivity contribution in [2.75, 3.05) is 31.6 Å². The molecule has 0 spiro atoms. The Labute approximate surface area is 190 Å². The van der Waals surface area contributed by atoms with Crippen LogP contribution < -0.4 is 10.6 Å². The number of amides is 1. The molecule has 2 atom stereocenters. The molecule has 170 valence electrons. The number of halogens is 1. The average molecular weight is 448 g/mol. The van der Waals surface area contributed by atoms with Gasteiger partial charge in [-0.15, -0.1) is 12.4 Å².